The first kappa shape index (κ1) is 14.0. The second-order valence-electron chi connectivity index (χ2n) is 5.62. The normalized spacial score (nSPS) is 18.3. The third-order valence-electron chi connectivity index (χ3n) is 4.15. The summed E-state index contributed by atoms with van der Waals surface area (Å²) in [6.45, 7) is 1.86. The van der Waals surface area contributed by atoms with Crippen LogP contribution in [0.25, 0.3) is 10.9 Å². The molecule has 1 aromatic carbocycles. The molecule has 0 aliphatic carbocycles. The van der Waals surface area contributed by atoms with Gasteiger partial charge in [0.2, 0.25) is 5.91 Å². The zero-order valence-corrected chi connectivity index (χ0v) is 12.3. The molecule has 0 unspecified atom stereocenters. The van der Waals surface area contributed by atoms with Gasteiger partial charge in [0, 0.05) is 31.8 Å². The van der Waals surface area contributed by atoms with Crippen LogP contribution < -0.4 is 0 Å². The van der Waals surface area contributed by atoms with E-state index in [1.165, 1.54) is 10.9 Å². The van der Waals surface area contributed by atoms with Crippen molar-refractivity contribution in [2.24, 2.45) is 5.92 Å². The van der Waals surface area contributed by atoms with Crippen LogP contribution in [-0.4, -0.2) is 42.6 Å². The highest BCUT2D eigenvalue weighted by molar-refractivity contribution is 5.82. The summed E-state index contributed by atoms with van der Waals surface area (Å²) in [5.41, 5.74) is 2.37. The van der Waals surface area contributed by atoms with Gasteiger partial charge in [0.1, 0.15) is 6.61 Å². The van der Waals surface area contributed by atoms with Gasteiger partial charge in [-0.05, 0) is 36.5 Å². The molecular formula is C17H20N2O2. The molecule has 3 rings (SSSR count). The van der Waals surface area contributed by atoms with Crippen LogP contribution in [-0.2, 0) is 16.0 Å². The third kappa shape index (κ3) is 3.05. The smallest absolute Gasteiger partial charge is 0.248 e. The van der Waals surface area contributed by atoms with Crippen molar-refractivity contribution in [2.75, 3.05) is 26.8 Å². The fraction of sp³-hybridized carbons (Fsp3) is 0.412. The summed E-state index contributed by atoms with van der Waals surface area (Å²) in [5.74, 6) is 0.621. The molecule has 1 amide bonds. The van der Waals surface area contributed by atoms with Crippen molar-refractivity contribution in [3.05, 3.63) is 42.1 Å². The average molecular weight is 284 g/mol. The van der Waals surface area contributed by atoms with E-state index < -0.39 is 0 Å². The highest BCUT2D eigenvalue weighted by Crippen LogP contribution is 2.25. The summed E-state index contributed by atoms with van der Waals surface area (Å²) in [6, 6.07) is 10.4. The van der Waals surface area contributed by atoms with E-state index in [0.717, 1.165) is 31.4 Å². The second-order valence-corrected chi connectivity index (χ2v) is 5.62. The van der Waals surface area contributed by atoms with Crippen molar-refractivity contribution < 1.29 is 9.53 Å². The van der Waals surface area contributed by atoms with E-state index in [4.69, 9.17) is 4.74 Å². The molecular weight excluding hydrogens is 264 g/mol. The average Bonchev–Trinajstić information content (AvgIpc) is 2.97. The standard InChI is InChI=1S/C17H20N2O2/c1-21-12-17(20)19-9-7-13(11-19)10-14-4-2-6-16-15(14)5-3-8-18-16/h2-6,8,13H,7,9-12H2,1H3/t13-/m0/s1. The molecule has 0 N–H and O–H groups in total. The molecule has 1 fully saturated rings. The lowest BCUT2D eigenvalue weighted by Gasteiger charge is -2.16. The van der Waals surface area contributed by atoms with Crippen LogP contribution in [0.5, 0.6) is 0 Å². The van der Waals surface area contributed by atoms with Crippen LogP contribution in [0, 0.1) is 5.92 Å². The van der Waals surface area contributed by atoms with Gasteiger partial charge in [-0.3, -0.25) is 9.78 Å². The third-order valence-corrected chi connectivity index (χ3v) is 4.15. The minimum Gasteiger partial charge on any atom is -0.375 e. The van der Waals surface area contributed by atoms with E-state index in [0.29, 0.717) is 5.92 Å². The monoisotopic (exact) mass is 284 g/mol. The van der Waals surface area contributed by atoms with E-state index in [1.807, 2.05) is 23.2 Å². The van der Waals surface area contributed by atoms with Crippen molar-refractivity contribution >= 4 is 16.8 Å². The lowest BCUT2D eigenvalue weighted by atomic mass is 9.96. The highest BCUT2D eigenvalue weighted by Gasteiger charge is 2.26. The molecule has 2 heterocycles. The quantitative estimate of drug-likeness (QED) is 0.865. The lowest BCUT2D eigenvalue weighted by molar-refractivity contribution is -0.134. The summed E-state index contributed by atoms with van der Waals surface area (Å²) in [6.07, 6.45) is 3.89. The van der Waals surface area contributed by atoms with Crippen LogP contribution in [0.4, 0.5) is 0 Å². The van der Waals surface area contributed by atoms with Gasteiger partial charge >= 0.3 is 0 Å². The largest absolute Gasteiger partial charge is 0.375 e. The van der Waals surface area contributed by atoms with Crippen molar-refractivity contribution in [1.82, 2.24) is 9.88 Å². The van der Waals surface area contributed by atoms with Gasteiger partial charge in [-0.15, -0.1) is 0 Å². The Morgan fingerprint density at radius 3 is 3.14 bits per heavy atom. The summed E-state index contributed by atoms with van der Waals surface area (Å²) in [7, 11) is 1.56. The molecule has 110 valence electrons. The Balaban J connectivity index is 1.71. The zero-order valence-electron chi connectivity index (χ0n) is 12.3. The molecule has 1 aliphatic heterocycles. The second kappa shape index (κ2) is 6.22. The fourth-order valence-corrected chi connectivity index (χ4v) is 3.10. The van der Waals surface area contributed by atoms with Gasteiger partial charge < -0.3 is 9.64 Å². The number of rotatable bonds is 4. The molecule has 2 aromatic rings. The van der Waals surface area contributed by atoms with Gasteiger partial charge in [0.25, 0.3) is 0 Å². The Morgan fingerprint density at radius 1 is 1.38 bits per heavy atom. The molecule has 0 saturated carbocycles. The molecule has 1 aromatic heterocycles. The predicted octanol–water partition coefficient (Wildman–Crippen LogP) is 2.27. The highest BCUT2D eigenvalue weighted by atomic mass is 16.5. The zero-order chi connectivity index (χ0) is 14.7. The summed E-state index contributed by atoms with van der Waals surface area (Å²) >= 11 is 0. The van der Waals surface area contributed by atoms with Crippen LogP contribution in [0.2, 0.25) is 0 Å². The van der Waals surface area contributed by atoms with Crippen LogP contribution >= 0.6 is 0 Å². The Hall–Kier alpha value is -1.94. The lowest BCUT2D eigenvalue weighted by Crippen LogP contribution is -2.31. The first-order valence-electron chi connectivity index (χ1n) is 7.37. The first-order chi connectivity index (χ1) is 10.3. The van der Waals surface area contributed by atoms with Gasteiger partial charge in [-0.2, -0.15) is 0 Å². The van der Waals surface area contributed by atoms with Gasteiger partial charge in [-0.1, -0.05) is 18.2 Å². The minimum absolute atomic E-state index is 0.0968. The number of carbonyl (C=O) groups is 1. The Kier molecular flexibility index (Phi) is 4.15. The van der Waals surface area contributed by atoms with Crippen LogP contribution in [0.15, 0.2) is 36.5 Å². The van der Waals surface area contributed by atoms with E-state index in [1.54, 1.807) is 7.11 Å². The van der Waals surface area contributed by atoms with Crippen molar-refractivity contribution in [2.45, 2.75) is 12.8 Å². The van der Waals surface area contributed by atoms with E-state index in [-0.39, 0.29) is 12.5 Å². The predicted molar refractivity (Wildman–Crippen MR) is 82.0 cm³/mol. The van der Waals surface area contributed by atoms with Gasteiger partial charge in [-0.25, -0.2) is 0 Å². The molecule has 0 radical (unpaired) electrons. The van der Waals surface area contributed by atoms with Crippen LogP contribution in [0.3, 0.4) is 0 Å². The fourth-order valence-electron chi connectivity index (χ4n) is 3.10. The Morgan fingerprint density at radius 2 is 2.29 bits per heavy atom. The molecule has 1 saturated heterocycles. The van der Waals surface area contributed by atoms with Crippen LogP contribution in [0.1, 0.15) is 12.0 Å². The van der Waals surface area contributed by atoms with Crippen molar-refractivity contribution in [1.29, 1.82) is 0 Å². The van der Waals surface area contributed by atoms with Crippen molar-refractivity contribution in [3.63, 3.8) is 0 Å². The number of hydrogen-bond donors (Lipinski definition) is 0. The summed E-state index contributed by atoms with van der Waals surface area (Å²) in [4.78, 5) is 18.2. The number of nitrogens with zero attached hydrogens (tertiary/aromatic N) is 2. The number of aromatic nitrogens is 1. The SMILES string of the molecule is COCC(=O)N1CC[C@@H](Cc2cccc3ncccc23)C1. The number of ether oxygens (including phenoxy) is 1. The number of hydrogen-bond acceptors (Lipinski definition) is 3. The molecule has 1 atom stereocenters. The molecule has 4 nitrogen and oxygen atoms in total. The number of pyridine rings is 1. The maximum absolute atomic E-state index is 11.8. The minimum atomic E-state index is 0.0968. The molecule has 21 heavy (non-hydrogen) atoms. The molecule has 0 spiro atoms. The number of benzene rings is 1. The maximum Gasteiger partial charge on any atom is 0.248 e. The summed E-state index contributed by atoms with van der Waals surface area (Å²) in [5, 5.41) is 1.22. The number of likely N-dealkylation sites (tertiary alicyclic amines) is 1. The summed E-state index contributed by atoms with van der Waals surface area (Å²) < 4.78 is 4.93. The van der Waals surface area contributed by atoms with E-state index in [2.05, 4.69) is 23.2 Å². The first-order valence-corrected chi connectivity index (χ1v) is 7.37. The van der Waals surface area contributed by atoms with Gasteiger partial charge in [0.05, 0.1) is 5.52 Å². The number of fused-ring (bicyclic) bond motifs is 1. The van der Waals surface area contributed by atoms with E-state index >= 15 is 0 Å². The molecule has 0 bridgehead atoms. The number of methoxy groups -OCH3 is 1. The molecule has 4 heteroatoms. The maximum atomic E-state index is 11.8. The Bertz CT molecular complexity index is 636. The number of amides is 1. The Labute approximate surface area is 124 Å². The van der Waals surface area contributed by atoms with E-state index in [9.17, 15) is 4.79 Å². The molecule has 1 aliphatic rings. The number of carbonyl (C=O) groups excluding carboxylic acids is 1. The topological polar surface area (TPSA) is 42.4 Å². The van der Waals surface area contributed by atoms with Crippen molar-refractivity contribution in [3.8, 4) is 0 Å². The van der Waals surface area contributed by atoms with Gasteiger partial charge in [0.15, 0.2) is 0 Å².